The predicted octanol–water partition coefficient (Wildman–Crippen LogP) is 13.2. The van der Waals surface area contributed by atoms with E-state index in [4.69, 9.17) is 0 Å². The number of halogens is 5. The van der Waals surface area contributed by atoms with Crippen molar-refractivity contribution in [1.82, 2.24) is 0 Å². The average Bonchev–Trinajstić information content (AvgIpc) is 2.91. The van der Waals surface area contributed by atoms with E-state index >= 15 is 0 Å². The molecule has 8 heteroatoms. The van der Waals surface area contributed by atoms with E-state index in [9.17, 15) is 5.11 Å². The van der Waals surface area contributed by atoms with Gasteiger partial charge in [-0.25, -0.2) is 0 Å². The third-order valence-electron chi connectivity index (χ3n) is 3.22. The quantitative estimate of drug-likeness (QED) is 0.180. The third kappa shape index (κ3) is 43.7. The molecule has 0 aromatic heterocycles. The molecule has 2 aromatic carbocycles. The van der Waals surface area contributed by atoms with Crippen LogP contribution in [0.15, 0.2) is 86.0 Å². The molecule has 0 aliphatic rings. The molecule has 0 atom stereocenters. The topological polar surface area (TPSA) is 20.2 Å². The molecule has 36 heavy (non-hydrogen) atoms. The molecule has 0 saturated heterocycles. The summed E-state index contributed by atoms with van der Waals surface area (Å²) in [4.78, 5) is -0.278. The van der Waals surface area contributed by atoms with E-state index in [-0.39, 0.29) is 4.92 Å². The van der Waals surface area contributed by atoms with E-state index < -0.39 is 5.60 Å². The maximum absolute atomic E-state index is 10.3. The van der Waals surface area contributed by atoms with Gasteiger partial charge in [0.05, 0.1) is 5.60 Å². The molecular formula is C28H46I5OV2-2. The van der Waals surface area contributed by atoms with Crippen molar-refractivity contribution in [3.63, 3.8) is 0 Å². The molecule has 1 nitrogen and oxygen atoms in total. The van der Waals surface area contributed by atoms with Crippen molar-refractivity contribution in [3.05, 3.63) is 111 Å². The van der Waals surface area contributed by atoms with E-state index in [0.717, 1.165) is 5.56 Å². The molecule has 0 saturated carbocycles. The zero-order valence-electron chi connectivity index (χ0n) is 22.9. The fourth-order valence-electron chi connectivity index (χ4n) is 2.08. The van der Waals surface area contributed by atoms with Crippen molar-refractivity contribution in [1.29, 1.82) is 0 Å². The Balaban J connectivity index is -0.0000000862. The van der Waals surface area contributed by atoms with Crippen LogP contribution in [0.4, 0.5) is 0 Å². The molecule has 211 valence electrons. The zero-order chi connectivity index (χ0) is 29.8. The summed E-state index contributed by atoms with van der Waals surface area (Å²) in [5.74, 6) is 0. The van der Waals surface area contributed by atoms with Crippen LogP contribution >= 0.6 is 99.9 Å². The Bertz CT molecular complexity index is 603. The van der Waals surface area contributed by atoms with E-state index in [2.05, 4.69) is 146 Å². The summed E-state index contributed by atoms with van der Waals surface area (Å²) in [6.45, 7) is 27.4. The van der Waals surface area contributed by atoms with Crippen LogP contribution in [0.1, 0.15) is 65.5 Å². The number of aliphatic hydroxyl groups is 1. The third-order valence-corrected chi connectivity index (χ3v) is 3.22. The number of aryl methyl sites for hydroxylation is 1. The van der Waals surface area contributed by atoms with Gasteiger partial charge in [0, 0.05) is 0 Å². The van der Waals surface area contributed by atoms with Gasteiger partial charge in [-0.15, -0.1) is 13.2 Å². The number of rotatable bonds is 5. The molecule has 0 amide bonds. The molecular weight excluding hydrogens is 1090 g/mol. The first-order valence-electron chi connectivity index (χ1n) is 11.4. The van der Waals surface area contributed by atoms with Crippen LogP contribution in [0.3, 0.4) is 0 Å². The van der Waals surface area contributed by atoms with Gasteiger partial charge in [-0.2, -0.15) is 13.8 Å². The van der Waals surface area contributed by atoms with Gasteiger partial charge in [-0.3, -0.25) is 0 Å². The van der Waals surface area contributed by atoms with Crippen molar-refractivity contribution in [2.24, 2.45) is 0 Å². The van der Waals surface area contributed by atoms with E-state index in [1.54, 1.807) is 26.0 Å². The summed E-state index contributed by atoms with van der Waals surface area (Å²) in [6, 6.07) is 19.9. The number of benzene rings is 2. The van der Waals surface area contributed by atoms with Crippen LogP contribution < -0.4 is 0 Å². The average molecular weight is 1140 g/mol. The van der Waals surface area contributed by atoms with Gasteiger partial charge in [0.25, 0.3) is 0 Å². The first-order chi connectivity index (χ1) is 17.3. The second-order valence-electron chi connectivity index (χ2n) is 5.29. The Labute approximate surface area is 292 Å². The van der Waals surface area contributed by atoms with Gasteiger partial charge in [-0.1, -0.05) is 106 Å². The first-order valence-corrected chi connectivity index (χ1v) is 33.9. The molecule has 0 spiro atoms. The maximum atomic E-state index is 10.3. The summed E-state index contributed by atoms with van der Waals surface area (Å²) < 4.78 is 0. The van der Waals surface area contributed by atoms with Gasteiger partial charge in [0.2, 0.25) is 0 Å². The van der Waals surface area contributed by atoms with Crippen molar-refractivity contribution in [3.8, 4) is 0 Å². The molecule has 0 radical (unpaired) electrons. The van der Waals surface area contributed by atoms with Crippen LogP contribution in [0.5, 0.6) is 0 Å². The van der Waals surface area contributed by atoms with Crippen molar-refractivity contribution < 1.29 is 19.5 Å². The van der Waals surface area contributed by atoms with Gasteiger partial charge in [0.15, 0.2) is 0 Å². The molecule has 0 bridgehead atoms. The Morgan fingerprint density at radius 1 is 0.778 bits per heavy atom. The molecule has 0 heterocycles. The van der Waals surface area contributed by atoms with Gasteiger partial charge < -0.3 is 19.0 Å². The molecule has 0 aliphatic carbocycles. The van der Waals surface area contributed by atoms with E-state index in [0.29, 0.717) is 22.3 Å². The Morgan fingerprint density at radius 2 is 1.03 bits per heavy atom. The van der Waals surface area contributed by atoms with Crippen LogP contribution in [-0.2, 0) is 20.0 Å². The van der Waals surface area contributed by atoms with Gasteiger partial charge >= 0.3 is 114 Å². The van der Waals surface area contributed by atoms with Crippen LogP contribution in [0, 0.1) is 20.8 Å². The summed E-state index contributed by atoms with van der Waals surface area (Å²) in [5.41, 5.74) is 1.40. The normalized spacial score (nSPS) is 8.00. The van der Waals surface area contributed by atoms with Crippen LogP contribution in [0.2, 0.25) is 0 Å². The minimum atomic E-state index is -0.842. The fourth-order valence-corrected chi connectivity index (χ4v) is 2.08. The van der Waals surface area contributed by atoms with E-state index in [1.165, 1.54) is 5.56 Å². The Kier molecular flexibility index (Phi) is 67.9. The molecule has 1 N–H and O–H groups in total. The second kappa shape index (κ2) is 47.5. The monoisotopic (exact) mass is 1130 g/mol. The molecule has 0 aliphatic heterocycles. The standard InChI is InChI=1S/C13H16O.C7H8.2C2H6.2C2H5.5HI.2V/c1-3-10-13(14,11-4-2)12-8-6-5-7-9-12;1-7-5-3-2-4-6-7;4*1-2;;;;;;;/h3-9,14H,1-2,10-11H2;2-6H,1H3;2*1-2H3;2*1H2,2H3;5*1H;;/q;;;;2*-1;;;;;;+2;+3/p-5. The van der Waals surface area contributed by atoms with Crippen LogP contribution in [0.25, 0.3) is 0 Å². The van der Waals surface area contributed by atoms with Gasteiger partial charge in [0.1, 0.15) is 0 Å². The van der Waals surface area contributed by atoms with Crippen LogP contribution in [-0.4, -0.2) is 5.11 Å². The van der Waals surface area contributed by atoms with Gasteiger partial charge in [-0.05, 0) is 25.3 Å². The minimum absolute atomic E-state index is 0.278. The number of hydrogen-bond acceptors (Lipinski definition) is 1. The second-order valence-corrected chi connectivity index (χ2v) is 52.5. The van der Waals surface area contributed by atoms with Crippen molar-refractivity contribution in [2.45, 2.75) is 66.9 Å². The fraction of sp³-hybridized carbons (Fsp3) is 0.357. The van der Waals surface area contributed by atoms with E-state index in [1.807, 2.05) is 76.2 Å². The summed E-state index contributed by atoms with van der Waals surface area (Å²) in [5, 5.41) is 10.3. The summed E-state index contributed by atoms with van der Waals surface area (Å²) in [7, 11) is 0.628. The zero-order valence-corrected chi connectivity index (χ0v) is 36.5. The summed E-state index contributed by atoms with van der Waals surface area (Å²) in [6.07, 6.45) is 4.55. The van der Waals surface area contributed by atoms with Crippen molar-refractivity contribution in [2.75, 3.05) is 0 Å². The Morgan fingerprint density at radius 3 is 1.22 bits per heavy atom. The molecule has 0 unspecified atom stereocenters. The molecule has 2 rings (SSSR count). The molecule has 0 fully saturated rings. The molecule has 2 aromatic rings. The SMILES string of the molecule is C=CCC(O)(CC=C)c1ccccc1.CC.CC.Cc1ccccc1.[CH2-]C.[CH2-]C.[I][V]([I])[I].[I][V][I]. The number of hydrogen-bond donors (Lipinski definition) is 1. The first kappa shape index (κ1) is 51.4. The van der Waals surface area contributed by atoms with Crippen molar-refractivity contribution >= 4 is 99.9 Å². The summed E-state index contributed by atoms with van der Waals surface area (Å²) >= 11 is 12.1. The predicted molar refractivity (Wildman–Crippen MR) is 206 cm³/mol. The Hall–Kier alpha value is 2.70.